The maximum absolute atomic E-state index is 14.6. The largest absolute Gasteiger partial charge is 0.497 e. The molecular weight excluding hydrogens is 572 g/mol. The number of hydrogen-bond acceptors (Lipinski definition) is 5. The van der Waals surface area contributed by atoms with E-state index >= 15 is 0 Å². The fourth-order valence-corrected chi connectivity index (χ4v) is 6.68. The van der Waals surface area contributed by atoms with Gasteiger partial charge in [0, 0.05) is 24.6 Å². The molecule has 0 aliphatic carbocycles. The lowest BCUT2D eigenvalue weighted by molar-refractivity contribution is -0.114. The van der Waals surface area contributed by atoms with Gasteiger partial charge in [-0.15, -0.1) is 0 Å². The summed E-state index contributed by atoms with van der Waals surface area (Å²) < 4.78 is 35.7. The first kappa shape index (κ1) is 32.5. The number of aryl methyl sites for hydroxylation is 1. The molecule has 4 aromatic rings. The Kier molecular flexibility index (Phi) is 10.3. The van der Waals surface area contributed by atoms with Gasteiger partial charge in [-0.1, -0.05) is 69.3 Å². The van der Waals surface area contributed by atoms with E-state index in [1.54, 1.807) is 24.3 Å². The Labute approximate surface area is 260 Å². The van der Waals surface area contributed by atoms with Gasteiger partial charge in [0.15, 0.2) is 5.78 Å². The summed E-state index contributed by atoms with van der Waals surface area (Å²) in [5.74, 6) is -0.326. The van der Waals surface area contributed by atoms with Crippen molar-refractivity contribution in [1.29, 1.82) is 0 Å². The first-order valence-electron chi connectivity index (χ1n) is 14.7. The molecule has 0 radical (unpaired) electrons. The SMILES string of the molecule is CCC(C)(C)c1ccc(N(CCCc2ccccc2)S(=O)(=O)c2cccc(C(=O)c3ccc(OC)cc3)c2NC(C)=O)cc1. The zero-order valence-electron chi connectivity index (χ0n) is 26.0. The van der Waals surface area contributed by atoms with E-state index in [4.69, 9.17) is 4.74 Å². The van der Waals surface area contributed by atoms with E-state index in [-0.39, 0.29) is 28.1 Å². The van der Waals surface area contributed by atoms with E-state index in [9.17, 15) is 18.0 Å². The van der Waals surface area contributed by atoms with Gasteiger partial charge in [-0.3, -0.25) is 13.9 Å². The average molecular weight is 613 g/mol. The van der Waals surface area contributed by atoms with Gasteiger partial charge in [-0.2, -0.15) is 0 Å². The van der Waals surface area contributed by atoms with Crippen molar-refractivity contribution in [3.05, 3.63) is 119 Å². The topological polar surface area (TPSA) is 92.8 Å². The molecule has 0 aliphatic heterocycles. The van der Waals surface area contributed by atoms with E-state index < -0.39 is 21.7 Å². The number of anilines is 2. The van der Waals surface area contributed by atoms with Crippen LogP contribution in [0.3, 0.4) is 0 Å². The highest BCUT2D eigenvalue weighted by molar-refractivity contribution is 7.93. The lowest BCUT2D eigenvalue weighted by Gasteiger charge is -2.28. The third-order valence-corrected chi connectivity index (χ3v) is 9.85. The van der Waals surface area contributed by atoms with Crippen molar-refractivity contribution in [3.8, 4) is 5.75 Å². The van der Waals surface area contributed by atoms with Crippen molar-refractivity contribution in [2.45, 2.75) is 57.3 Å². The number of ether oxygens (including phenoxy) is 1. The van der Waals surface area contributed by atoms with Crippen molar-refractivity contribution in [2.24, 2.45) is 0 Å². The first-order valence-corrected chi connectivity index (χ1v) is 16.2. The summed E-state index contributed by atoms with van der Waals surface area (Å²) in [6.07, 6.45) is 2.17. The molecule has 0 aliphatic rings. The molecule has 4 rings (SSSR count). The van der Waals surface area contributed by atoms with Gasteiger partial charge in [0.2, 0.25) is 5.91 Å². The normalized spacial score (nSPS) is 11.6. The summed E-state index contributed by atoms with van der Waals surface area (Å²) in [5, 5.41) is 2.66. The first-order chi connectivity index (χ1) is 21.0. The molecule has 0 saturated carbocycles. The van der Waals surface area contributed by atoms with Gasteiger partial charge in [0.25, 0.3) is 10.0 Å². The number of rotatable bonds is 13. The molecule has 4 aromatic carbocycles. The molecule has 0 bridgehead atoms. The second-order valence-corrected chi connectivity index (χ2v) is 13.2. The van der Waals surface area contributed by atoms with Crippen LogP contribution < -0.4 is 14.4 Å². The van der Waals surface area contributed by atoms with Crippen molar-refractivity contribution in [3.63, 3.8) is 0 Å². The van der Waals surface area contributed by atoms with E-state index in [1.807, 2.05) is 54.6 Å². The standard InChI is InChI=1S/C36H40N2O5S/c1-6-36(3,4)29-19-21-30(22-20-29)38(25-11-14-27-12-8-7-9-13-27)44(41,42)33-16-10-15-32(34(33)37-26(2)39)35(40)28-17-23-31(43-5)24-18-28/h7-10,12-13,15-24H,6,11,14,25H2,1-5H3,(H,37,39). The van der Waals surface area contributed by atoms with Gasteiger partial charge in [0.05, 0.1) is 18.5 Å². The second kappa shape index (κ2) is 13.9. The maximum atomic E-state index is 14.6. The Morgan fingerprint density at radius 2 is 1.52 bits per heavy atom. The van der Waals surface area contributed by atoms with Gasteiger partial charge in [-0.05, 0) is 84.3 Å². The molecule has 7 nitrogen and oxygen atoms in total. The van der Waals surface area contributed by atoms with Gasteiger partial charge < -0.3 is 10.1 Å². The van der Waals surface area contributed by atoms with E-state index in [2.05, 4.69) is 26.1 Å². The van der Waals surface area contributed by atoms with Crippen LogP contribution in [0.25, 0.3) is 0 Å². The van der Waals surface area contributed by atoms with Gasteiger partial charge in [0.1, 0.15) is 10.6 Å². The fraction of sp³-hybridized carbons (Fsp3) is 0.278. The Balaban J connectivity index is 1.80. The van der Waals surface area contributed by atoms with Crippen molar-refractivity contribution in [2.75, 3.05) is 23.3 Å². The predicted molar refractivity (Wildman–Crippen MR) is 176 cm³/mol. The molecule has 1 amide bonds. The molecular formula is C36H40N2O5S. The van der Waals surface area contributed by atoms with Crippen LogP contribution >= 0.6 is 0 Å². The average Bonchev–Trinajstić information content (AvgIpc) is 3.03. The third kappa shape index (κ3) is 7.37. The van der Waals surface area contributed by atoms with E-state index in [0.29, 0.717) is 29.8 Å². The summed E-state index contributed by atoms with van der Waals surface area (Å²) in [5.41, 5.74) is 3.03. The number of amides is 1. The number of carbonyl (C=O) groups is 2. The van der Waals surface area contributed by atoms with Gasteiger partial charge in [-0.25, -0.2) is 8.42 Å². The zero-order valence-corrected chi connectivity index (χ0v) is 26.8. The van der Waals surface area contributed by atoms with Crippen LogP contribution in [0.1, 0.15) is 67.6 Å². The van der Waals surface area contributed by atoms with Crippen LogP contribution in [0.15, 0.2) is 102 Å². The molecule has 44 heavy (non-hydrogen) atoms. The number of benzene rings is 4. The van der Waals surface area contributed by atoms with Crippen LogP contribution in [0.5, 0.6) is 5.75 Å². The number of nitrogens with zero attached hydrogens (tertiary/aromatic N) is 1. The molecule has 230 valence electrons. The maximum Gasteiger partial charge on any atom is 0.266 e. The van der Waals surface area contributed by atoms with Crippen LogP contribution in [-0.4, -0.2) is 33.8 Å². The summed E-state index contributed by atoms with van der Waals surface area (Å²) in [4.78, 5) is 25.9. The number of carbonyl (C=O) groups excluding carboxylic acids is 2. The second-order valence-electron chi connectivity index (χ2n) is 11.4. The Bertz CT molecular complexity index is 1700. The lowest BCUT2D eigenvalue weighted by atomic mass is 9.82. The van der Waals surface area contributed by atoms with Crippen LogP contribution in [0.2, 0.25) is 0 Å². The number of sulfonamides is 1. The lowest BCUT2D eigenvalue weighted by Crippen LogP contribution is -2.33. The summed E-state index contributed by atoms with van der Waals surface area (Å²) in [6, 6.07) is 28.5. The number of nitrogens with one attached hydrogen (secondary N) is 1. The molecule has 0 fully saturated rings. The van der Waals surface area contributed by atoms with Crippen molar-refractivity contribution in [1.82, 2.24) is 0 Å². The molecule has 0 unspecified atom stereocenters. The molecule has 0 spiro atoms. The van der Waals surface area contributed by atoms with Crippen LogP contribution in [-0.2, 0) is 26.7 Å². The number of para-hydroxylation sites is 1. The predicted octanol–water partition coefficient (Wildman–Crippen LogP) is 7.40. The molecule has 1 N–H and O–H groups in total. The number of methoxy groups -OCH3 is 1. The number of hydrogen-bond donors (Lipinski definition) is 1. The Morgan fingerprint density at radius 3 is 2.11 bits per heavy atom. The molecule has 0 heterocycles. The highest BCUT2D eigenvalue weighted by Gasteiger charge is 2.31. The number of ketones is 1. The Morgan fingerprint density at radius 1 is 0.864 bits per heavy atom. The fourth-order valence-electron chi connectivity index (χ4n) is 5.00. The van der Waals surface area contributed by atoms with E-state index in [1.165, 1.54) is 36.5 Å². The van der Waals surface area contributed by atoms with Crippen molar-refractivity contribution < 1.29 is 22.7 Å². The van der Waals surface area contributed by atoms with Crippen LogP contribution in [0.4, 0.5) is 11.4 Å². The molecule has 8 heteroatoms. The molecule has 0 atom stereocenters. The third-order valence-electron chi connectivity index (χ3n) is 7.98. The van der Waals surface area contributed by atoms with E-state index in [0.717, 1.165) is 17.5 Å². The smallest absolute Gasteiger partial charge is 0.266 e. The molecule has 0 saturated heterocycles. The monoisotopic (exact) mass is 612 g/mol. The minimum atomic E-state index is -4.24. The minimum Gasteiger partial charge on any atom is -0.497 e. The summed E-state index contributed by atoms with van der Waals surface area (Å²) in [7, 11) is -2.71. The summed E-state index contributed by atoms with van der Waals surface area (Å²) in [6.45, 7) is 7.92. The highest BCUT2D eigenvalue weighted by Crippen LogP contribution is 2.34. The zero-order chi connectivity index (χ0) is 31.9. The Hall–Kier alpha value is -4.43. The van der Waals surface area contributed by atoms with Gasteiger partial charge >= 0.3 is 0 Å². The minimum absolute atomic E-state index is 0.0439. The summed E-state index contributed by atoms with van der Waals surface area (Å²) >= 11 is 0. The quantitative estimate of drug-likeness (QED) is 0.159. The molecule has 0 aromatic heterocycles. The van der Waals surface area contributed by atoms with Crippen LogP contribution in [0, 0.1) is 0 Å². The van der Waals surface area contributed by atoms with Crippen molar-refractivity contribution >= 4 is 33.1 Å². The highest BCUT2D eigenvalue weighted by atomic mass is 32.2.